The average Bonchev–Trinajstić information content (AvgIpc) is 0.782. The van der Waals surface area contributed by atoms with E-state index in [9.17, 15) is 0 Å². The summed E-state index contributed by atoms with van der Waals surface area (Å²) >= 11 is 0. The number of benzene rings is 5. The number of rotatable bonds is 10. The summed E-state index contributed by atoms with van der Waals surface area (Å²) in [6, 6.07) is 73.2. The predicted molar refractivity (Wildman–Crippen MR) is 503 cm³/mol. The summed E-state index contributed by atoms with van der Waals surface area (Å²) in [4.78, 5) is 0. The lowest BCUT2D eigenvalue weighted by Crippen LogP contribution is -2.41. The van der Waals surface area contributed by atoms with Crippen LogP contribution in [0, 0.1) is 152 Å². The highest BCUT2D eigenvalue weighted by Gasteiger charge is 2.33. The van der Waals surface area contributed by atoms with Crippen molar-refractivity contribution in [2.75, 3.05) is 0 Å². The van der Waals surface area contributed by atoms with Crippen molar-refractivity contribution in [2.24, 2.45) is 70.5 Å². The zero-order valence-corrected chi connectivity index (χ0v) is 79.4. The van der Waals surface area contributed by atoms with Crippen LogP contribution in [0.15, 0.2) is 231 Å². The Labute approximate surface area is 730 Å². The Balaban J connectivity index is 0.000000149. The molecule has 10 aromatic heterocycles. The second-order valence-electron chi connectivity index (χ2n) is 34.9. The molecule has 0 aliphatic carbocycles. The van der Waals surface area contributed by atoms with Crippen LogP contribution in [0.4, 0.5) is 0 Å². The average molecular weight is 1620 g/mol. The summed E-state index contributed by atoms with van der Waals surface area (Å²) in [5.74, 6) is 0. The van der Waals surface area contributed by atoms with Gasteiger partial charge in [-0.3, -0.25) is 0 Å². The zero-order chi connectivity index (χ0) is 88.9. The molecule has 10 heteroatoms. The van der Waals surface area contributed by atoms with Crippen molar-refractivity contribution in [3.8, 4) is 113 Å². The highest BCUT2D eigenvalue weighted by molar-refractivity contribution is 5.71. The highest BCUT2D eigenvalue weighted by atomic mass is 15.0. The minimum absolute atomic E-state index is 1.21. The maximum Gasteiger partial charge on any atom is 0.280 e. The van der Waals surface area contributed by atoms with Gasteiger partial charge in [0, 0.05) is 146 Å². The van der Waals surface area contributed by atoms with E-state index in [0.29, 0.717) is 0 Å². The third-order valence-corrected chi connectivity index (χ3v) is 25.0. The van der Waals surface area contributed by atoms with Crippen LogP contribution in [0.3, 0.4) is 0 Å². The van der Waals surface area contributed by atoms with Gasteiger partial charge in [-0.15, -0.1) is 0 Å². The van der Waals surface area contributed by atoms with E-state index in [2.05, 4.69) is 500 Å². The molecule has 0 N–H and O–H groups in total. The van der Waals surface area contributed by atoms with Crippen LogP contribution >= 0.6 is 0 Å². The Bertz CT molecular complexity index is 6450. The molecule has 15 rings (SSSR count). The Morgan fingerprint density at radius 2 is 0.475 bits per heavy atom. The highest BCUT2D eigenvalue weighted by Crippen LogP contribution is 2.34. The minimum atomic E-state index is 1.21. The number of pyridine rings is 10. The van der Waals surface area contributed by atoms with Crippen molar-refractivity contribution < 1.29 is 45.7 Å². The monoisotopic (exact) mass is 1620 g/mol. The molecule has 10 heterocycles. The quantitative estimate of drug-likeness (QED) is 0.122. The molecule has 0 unspecified atom stereocenters. The Kier molecular flexibility index (Phi) is 28.2. The molecule has 0 fully saturated rings. The van der Waals surface area contributed by atoms with Gasteiger partial charge in [0.05, 0.1) is 0 Å². The summed E-state index contributed by atoms with van der Waals surface area (Å²) in [6.07, 6.45) is 10.7. The zero-order valence-electron chi connectivity index (χ0n) is 79.4. The molecule has 0 aliphatic heterocycles. The van der Waals surface area contributed by atoms with Gasteiger partial charge in [-0.1, -0.05) is 53.6 Å². The molecule has 10 nitrogen and oxygen atoms in total. The van der Waals surface area contributed by atoms with E-state index >= 15 is 0 Å². The SMILES string of the molecule is Cc1cc(-c2cc(C)c(C)cc2C)[n+](C)c(-c2cccc[n+]2C)c1.Cc1cc(C)c(-c2cccc(-c3cccc[n+]3C)[n+]2C)cc1C.Cc1cc[n+](C)c(-c2cccc(-c3cc(C)c(C)cc3C)[n+]2C)c1.Cc1ccc(-c2c(C)cc(C)c(-c3cc(C)c(C)c[n+]3C)[n+]2C)c(C)c1.Cc1ccc(-c2c(C)cc(C)c(-c3ccc(C)c[n+]3C)[n+]2C)c(C)c1. The Morgan fingerprint density at radius 3 is 0.926 bits per heavy atom. The van der Waals surface area contributed by atoms with Crippen LogP contribution in [0.5, 0.6) is 0 Å². The Hall–Kier alpha value is -12.4. The minimum Gasteiger partial charge on any atom is -0.196 e. The maximum atomic E-state index is 2.37. The lowest BCUT2D eigenvalue weighted by Gasteiger charge is -2.13. The molecule has 0 spiro atoms. The fourth-order valence-corrected chi connectivity index (χ4v) is 17.7. The van der Waals surface area contributed by atoms with Gasteiger partial charge in [0.2, 0.25) is 28.5 Å². The van der Waals surface area contributed by atoms with Crippen LogP contribution in [0.2, 0.25) is 0 Å². The molecule has 0 aliphatic rings. The molecule has 0 radical (unpaired) electrons. The molecule has 0 amide bonds. The number of nitrogens with zero attached hydrogens (tertiary/aromatic N) is 10. The van der Waals surface area contributed by atoms with Crippen molar-refractivity contribution in [2.45, 2.75) is 152 Å². The van der Waals surface area contributed by atoms with Gasteiger partial charge >= 0.3 is 0 Å². The summed E-state index contributed by atoms with van der Waals surface area (Å²) in [6.45, 7) is 48.0. The molecule has 0 saturated heterocycles. The first-order valence-corrected chi connectivity index (χ1v) is 42.9. The van der Waals surface area contributed by atoms with E-state index in [1.54, 1.807) is 0 Å². The van der Waals surface area contributed by atoms with E-state index in [-0.39, 0.29) is 0 Å². The summed E-state index contributed by atoms with van der Waals surface area (Å²) in [7, 11) is 21.4. The molecule has 5 aromatic carbocycles. The van der Waals surface area contributed by atoms with E-state index in [0.717, 1.165) is 0 Å². The van der Waals surface area contributed by atoms with Crippen LogP contribution in [-0.2, 0) is 70.5 Å². The molecule has 0 saturated carbocycles. The molecule has 0 bridgehead atoms. The van der Waals surface area contributed by atoms with Crippen molar-refractivity contribution >= 4 is 0 Å². The van der Waals surface area contributed by atoms with Gasteiger partial charge in [-0.2, -0.15) is 45.7 Å². The molecular formula is C112H134N10+10. The van der Waals surface area contributed by atoms with E-state index < -0.39 is 0 Å². The standard InChI is InChI=1S/C24H30N2.C23H28N2.2C22H26N2.C21H24N2/c1-15-9-10-21(17(3)11-15)23-18(4)12-19(5)24(26(23)8)22-13-16(2)20(6)14-25(22)7;1-15-8-10-20(17(3)12-15)22-18(4)13-19(5)23(25(22)7)21-11-9-16(2)14-24(21)6;1-15-10-11-23(5)22(12-15)21-9-7-8-20(24(21)6)19-14-17(3)16(2)13-18(19)4;1-15-11-21(19-14-17(3)16(2)13-18(19)4)24(6)22(12-15)20-9-7-8-10-23(20)5;1-15-13-17(3)18(14-16(15)2)19-10-8-11-21(23(19)5)20-9-6-7-12-22(20)4/h9-14H,1-8H3;8-14H,1-7H3;2*7-14H,1-6H3;6-14H,1-5H3/q5*+2. The van der Waals surface area contributed by atoms with Crippen molar-refractivity contribution in [1.29, 1.82) is 0 Å². The molecule has 15 aromatic rings. The van der Waals surface area contributed by atoms with Gasteiger partial charge in [0.1, 0.15) is 70.5 Å². The normalized spacial score (nSPS) is 11.0. The lowest BCUT2D eigenvalue weighted by molar-refractivity contribution is -0.685. The van der Waals surface area contributed by atoms with Gasteiger partial charge < -0.3 is 0 Å². The van der Waals surface area contributed by atoms with Gasteiger partial charge in [0.25, 0.3) is 56.9 Å². The fourth-order valence-electron chi connectivity index (χ4n) is 17.7. The third kappa shape index (κ3) is 19.6. The maximum absolute atomic E-state index is 2.37. The number of aryl methyl sites for hydroxylation is 27. The summed E-state index contributed by atoms with van der Waals surface area (Å²) in [5.41, 5.74) is 54.1. The number of aromatic nitrogens is 10. The van der Waals surface area contributed by atoms with Crippen LogP contribution in [-0.4, -0.2) is 0 Å². The summed E-state index contributed by atoms with van der Waals surface area (Å²) < 4.78 is 22.6. The largest absolute Gasteiger partial charge is 0.280 e. The first-order valence-electron chi connectivity index (χ1n) is 42.9. The van der Waals surface area contributed by atoms with Crippen molar-refractivity contribution in [3.05, 3.63) is 354 Å². The lowest BCUT2D eigenvalue weighted by atomic mass is 9.96. The number of hydrogen-bond acceptors (Lipinski definition) is 0. The first kappa shape index (κ1) is 90.4. The van der Waals surface area contributed by atoms with Crippen molar-refractivity contribution in [3.63, 3.8) is 0 Å². The third-order valence-electron chi connectivity index (χ3n) is 25.0. The fraction of sp³-hybridized carbons (Fsp3) is 0.286. The van der Waals surface area contributed by atoms with Crippen LogP contribution in [0.1, 0.15) is 122 Å². The molecular weight excluding hydrogens is 1490 g/mol. The van der Waals surface area contributed by atoms with Gasteiger partial charge in [0.15, 0.2) is 31.0 Å². The molecule has 0 atom stereocenters. The van der Waals surface area contributed by atoms with Gasteiger partial charge in [-0.25, -0.2) is 0 Å². The second-order valence-corrected chi connectivity index (χ2v) is 34.9. The van der Waals surface area contributed by atoms with Crippen LogP contribution < -0.4 is 45.7 Å². The second kappa shape index (κ2) is 38.1. The van der Waals surface area contributed by atoms with Crippen molar-refractivity contribution in [1.82, 2.24) is 0 Å². The van der Waals surface area contributed by atoms with Gasteiger partial charge in [-0.05, 0) is 303 Å². The smallest absolute Gasteiger partial charge is 0.196 e. The molecule has 122 heavy (non-hydrogen) atoms. The predicted octanol–water partition coefficient (Wildman–Crippen LogP) is 20.1. The van der Waals surface area contributed by atoms with E-state index in [1.165, 1.54) is 236 Å². The van der Waals surface area contributed by atoms with E-state index in [4.69, 9.17) is 0 Å². The number of hydrogen-bond donors (Lipinski definition) is 0. The topological polar surface area (TPSA) is 38.8 Å². The summed E-state index contributed by atoms with van der Waals surface area (Å²) in [5, 5.41) is 0. The Morgan fingerprint density at radius 1 is 0.148 bits per heavy atom. The van der Waals surface area contributed by atoms with Crippen LogP contribution in [0.25, 0.3) is 113 Å². The molecule has 622 valence electrons. The van der Waals surface area contributed by atoms with E-state index in [1.807, 2.05) is 0 Å². The first-order chi connectivity index (χ1) is 57.7.